The van der Waals surface area contributed by atoms with E-state index < -0.39 is 0 Å². The number of nitrogens with two attached hydrogens (primary N) is 1. The first-order chi connectivity index (χ1) is 16.3. The second-order valence-electron chi connectivity index (χ2n) is 9.47. The van der Waals surface area contributed by atoms with E-state index in [-0.39, 0.29) is 35.7 Å². The van der Waals surface area contributed by atoms with Crippen LogP contribution in [0.4, 0.5) is 15.0 Å². The minimum Gasteiger partial charge on any atom is -0.485 e. The summed E-state index contributed by atoms with van der Waals surface area (Å²) in [7, 11) is 0. The van der Waals surface area contributed by atoms with Crippen LogP contribution in [0.5, 0.6) is 5.75 Å². The number of likely N-dealkylation sites (tertiary alicyclic amines) is 1. The number of benzene rings is 1. The Kier molecular flexibility index (Phi) is 5.63. The lowest BCUT2D eigenvalue weighted by Crippen LogP contribution is -2.43. The third-order valence-electron chi connectivity index (χ3n) is 6.64. The molecule has 1 aromatic carbocycles. The molecule has 0 unspecified atom stereocenters. The molecular formula is C25H29FN6O2. The highest BCUT2D eigenvalue weighted by Gasteiger charge is 2.47. The van der Waals surface area contributed by atoms with Crippen LogP contribution in [0, 0.1) is 5.82 Å². The smallest absolute Gasteiger partial charge is 0.317 e. The SMILES string of the molecule is CC(C)NC(=O)N1CC[C@@]2(CCn3nc(-c4cnc(N)c(OCc5cccc(F)c5)c4)cc32)C1. The summed E-state index contributed by atoms with van der Waals surface area (Å²) in [4.78, 5) is 18.7. The molecule has 2 aliphatic heterocycles. The summed E-state index contributed by atoms with van der Waals surface area (Å²) in [6.45, 7) is 6.37. The van der Waals surface area contributed by atoms with E-state index in [0.717, 1.165) is 42.9 Å². The highest BCUT2D eigenvalue weighted by molar-refractivity contribution is 5.75. The van der Waals surface area contributed by atoms with Crippen molar-refractivity contribution in [3.05, 3.63) is 59.7 Å². The number of amides is 2. The van der Waals surface area contributed by atoms with Crippen molar-refractivity contribution in [3.8, 4) is 17.0 Å². The molecule has 2 aromatic heterocycles. The first-order valence-electron chi connectivity index (χ1n) is 11.6. The van der Waals surface area contributed by atoms with Gasteiger partial charge in [-0.15, -0.1) is 0 Å². The lowest BCUT2D eigenvalue weighted by molar-refractivity contribution is 0.203. The number of carbonyl (C=O) groups excluding carboxylic acids is 1. The normalized spacial score (nSPS) is 19.1. The van der Waals surface area contributed by atoms with E-state index in [0.29, 0.717) is 17.9 Å². The lowest BCUT2D eigenvalue weighted by atomic mass is 9.82. The Labute approximate surface area is 197 Å². The standard InChI is InChI=1S/C25H29FN6O2/c1-16(2)29-24(33)31-8-6-25(15-31)7-9-32-22(25)12-20(30-32)18-11-21(23(27)28-13-18)34-14-17-4-3-5-19(26)10-17/h3-5,10-13,16H,6-9,14-15H2,1-2H3,(H2,27,28)(H,29,33)/t25-/m1/s1. The van der Waals surface area contributed by atoms with E-state index in [1.54, 1.807) is 18.3 Å². The van der Waals surface area contributed by atoms with Crippen molar-refractivity contribution in [2.45, 2.75) is 51.3 Å². The number of aryl methyl sites for hydroxylation is 1. The van der Waals surface area contributed by atoms with Gasteiger partial charge < -0.3 is 20.7 Å². The minimum absolute atomic E-state index is 0.00659. The van der Waals surface area contributed by atoms with Crippen LogP contribution in [0.3, 0.4) is 0 Å². The minimum atomic E-state index is -0.311. The Balaban J connectivity index is 1.35. The summed E-state index contributed by atoms with van der Waals surface area (Å²) in [5.74, 6) is 0.391. The molecule has 2 amide bonds. The van der Waals surface area contributed by atoms with Gasteiger partial charge in [0.25, 0.3) is 0 Å². The second kappa shape index (κ2) is 8.62. The van der Waals surface area contributed by atoms with Crippen LogP contribution in [0.25, 0.3) is 11.3 Å². The fourth-order valence-corrected chi connectivity index (χ4v) is 4.90. The molecule has 9 heteroatoms. The van der Waals surface area contributed by atoms with Crippen LogP contribution in [0.2, 0.25) is 0 Å². The van der Waals surface area contributed by atoms with Crippen molar-refractivity contribution in [2.75, 3.05) is 18.8 Å². The molecule has 5 rings (SSSR count). The summed E-state index contributed by atoms with van der Waals surface area (Å²) in [5.41, 5.74) is 9.41. The summed E-state index contributed by atoms with van der Waals surface area (Å²) in [6.07, 6.45) is 3.58. The van der Waals surface area contributed by atoms with E-state index >= 15 is 0 Å². The Morgan fingerprint density at radius 1 is 1.26 bits per heavy atom. The number of aromatic nitrogens is 3. The number of pyridine rings is 1. The van der Waals surface area contributed by atoms with Gasteiger partial charge in [-0.05, 0) is 56.5 Å². The molecular weight excluding hydrogens is 435 g/mol. The van der Waals surface area contributed by atoms with Crippen LogP contribution < -0.4 is 15.8 Å². The molecule has 4 heterocycles. The van der Waals surface area contributed by atoms with Gasteiger partial charge in [-0.2, -0.15) is 5.10 Å². The van der Waals surface area contributed by atoms with E-state index in [2.05, 4.69) is 16.4 Å². The average Bonchev–Trinajstić information content (AvgIpc) is 3.50. The van der Waals surface area contributed by atoms with Gasteiger partial charge >= 0.3 is 6.03 Å². The van der Waals surface area contributed by atoms with Crippen LogP contribution in [0.15, 0.2) is 42.6 Å². The maximum Gasteiger partial charge on any atom is 0.317 e. The number of hydrogen-bond acceptors (Lipinski definition) is 5. The molecule has 0 bridgehead atoms. The zero-order valence-corrected chi connectivity index (χ0v) is 19.4. The van der Waals surface area contributed by atoms with Gasteiger partial charge in [-0.25, -0.2) is 14.2 Å². The molecule has 8 nitrogen and oxygen atoms in total. The largest absolute Gasteiger partial charge is 0.485 e. The highest BCUT2D eigenvalue weighted by atomic mass is 19.1. The van der Waals surface area contributed by atoms with Crippen molar-refractivity contribution in [3.63, 3.8) is 0 Å². The number of halogens is 1. The van der Waals surface area contributed by atoms with Crippen LogP contribution >= 0.6 is 0 Å². The van der Waals surface area contributed by atoms with Gasteiger partial charge in [-0.3, -0.25) is 4.68 Å². The number of anilines is 1. The summed E-state index contributed by atoms with van der Waals surface area (Å²) in [5, 5.41) is 7.80. The predicted octanol–water partition coefficient (Wildman–Crippen LogP) is 3.71. The first kappa shape index (κ1) is 22.2. The van der Waals surface area contributed by atoms with E-state index in [1.807, 2.05) is 29.5 Å². The third kappa shape index (κ3) is 4.18. The molecule has 2 aliphatic rings. The molecule has 1 spiro atoms. The Morgan fingerprint density at radius 3 is 2.88 bits per heavy atom. The zero-order valence-electron chi connectivity index (χ0n) is 19.4. The fraction of sp³-hybridized carbons (Fsp3) is 0.400. The van der Waals surface area contributed by atoms with Crippen molar-refractivity contribution in [1.29, 1.82) is 0 Å². The number of nitrogens with one attached hydrogen (secondary N) is 1. The molecule has 3 aromatic rings. The lowest BCUT2D eigenvalue weighted by Gasteiger charge is -2.24. The van der Waals surface area contributed by atoms with Gasteiger partial charge in [-0.1, -0.05) is 12.1 Å². The maximum absolute atomic E-state index is 13.5. The molecule has 178 valence electrons. The topological polar surface area (TPSA) is 98.3 Å². The number of nitrogens with zero attached hydrogens (tertiary/aromatic N) is 4. The van der Waals surface area contributed by atoms with E-state index in [9.17, 15) is 9.18 Å². The van der Waals surface area contributed by atoms with Crippen LogP contribution in [-0.4, -0.2) is 44.8 Å². The maximum atomic E-state index is 13.5. The average molecular weight is 465 g/mol. The molecule has 3 N–H and O–H groups in total. The Bertz CT molecular complexity index is 1230. The second-order valence-corrected chi connectivity index (χ2v) is 9.47. The number of ether oxygens (including phenoxy) is 1. The number of nitrogen functional groups attached to an aromatic ring is 1. The summed E-state index contributed by atoms with van der Waals surface area (Å²) >= 11 is 0. The first-order valence-corrected chi connectivity index (χ1v) is 11.6. The number of fused-ring (bicyclic) bond motifs is 2. The monoisotopic (exact) mass is 464 g/mol. The molecule has 0 radical (unpaired) electrons. The van der Waals surface area contributed by atoms with E-state index in [1.165, 1.54) is 12.1 Å². The van der Waals surface area contributed by atoms with Gasteiger partial charge in [0.1, 0.15) is 12.4 Å². The van der Waals surface area contributed by atoms with Crippen molar-refractivity contribution in [2.24, 2.45) is 0 Å². The van der Waals surface area contributed by atoms with Crippen molar-refractivity contribution >= 4 is 11.8 Å². The number of urea groups is 1. The van der Waals surface area contributed by atoms with Crippen LogP contribution in [-0.2, 0) is 18.6 Å². The molecule has 1 fully saturated rings. The summed E-state index contributed by atoms with van der Waals surface area (Å²) < 4.78 is 21.3. The highest BCUT2D eigenvalue weighted by Crippen LogP contribution is 2.44. The number of rotatable bonds is 5. The molecule has 0 saturated carbocycles. The summed E-state index contributed by atoms with van der Waals surface area (Å²) in [6, 6.07) is 10.3. The number of hydrogen-bond donors (Lipinski definition) is 2. The predicted molar refractivity (Wildman–Crippen MR) is 127 cm³/mol. The zero-order chi connectivity index (χ0) is 23.9. The Hall–Kier alpha value is -3.62. The van der Waals surface area contributed by atoms with Gasteiger partial charge in [0.05, 0.1) is 5.69 Å². The number of carbonyl (C=O) groups is 1. The molecule has 1 saturated heterocycles. The van der Waals surface area contributed by atoms with E-state index in [4.69, 9.17) is 15.6 Å². The molecule has 34 heavy (non-hydrogen) atoms. The quantitative estimate of drug-likeness (QED) is 0.600. The van der Waals surface area contributed by atoms with Crippen molar-refractivity contribution in [1.82, 2.24) is 25.0 Å². The molecule has 1 atom stereocenters. The third-order valence-corrected chi connectivity index (χ3v) is 6.64. The molecule has 0 aliphatic carbocycles. The fourth-order valence-electron chi connectivity index (χ4n) is 4.90. The van der Waals surface area contributed by atoms with Gasteiger partial charge in [0.15, 0.2) is 11.6 Å². The Morgan fingerprint density at radius 2 is 2.09 bits per heavy atom. The van der Waals surface area contributed by atoms with Gasteiger partial charge in [0.2, 0.25) is 0 Å². The van der Waals surface area contributed by atoms with Crippen LogP contribution in [0.1, 0.15) is 37.9 Å². The van der Waals surface area contributed by atoms with Crippen molar-refractivity contribution < 1.29 is 13.9 Å². The van der Waals surface area contributed by atoms with Gasteiger partial charge in [0, 0.05) is 48.5 Å².